The lowest BCUT2D eigenvalue weighted by atomic mass is 10.2. The van der Waals surface area contributed by atoms with Gasteiger partial charge in [-0.25, -0.2) is 4.98 Å². The van der Waals surface area contributed by atoms with E-state index in [9.17, 15) is 9.59 Å². The molecule has 0 atom stereocenters. The minimum atomic E-state index is -0.315. The summed E-state index contributed by atoms with van der Waals surface area (Å²) in [6.07, 6.45) is 1.45. The second-order valence-corrected chi connectivity index (χ2v) is 8.62. The fourth-order valence-electron chi connectivity index (χ4n) is 2.66. The van der Waals surface area contributed by atoms with Gasteiger partial charge in [-0.05, 0) is 42.5 Å². The number of nitrogens with zero attached hydrogens (tertiary/aromatic N) is 1. The van der Waals surface area contributed by atoms with E-state index in [1.165, 1.54) is 29.4 Å². The highest BCUT2D eigenvalue weighted by Gasteiger charge is 2.11. The van der Waals surface area contributed by atoms with Crippen LogP contribution in [0.15, 0.2) is 81.6 Å². The van der Waals surface area contributed by atoms with E-state index in [0.717, 1.165) is 16.2 Å². The van der Waals surface area contributed by atoms with Crippen molar-refractivity contribution in [3.8, 4) is 11.3 Å². The van der Waals surface area contributed by atoms with Gasteiger partial charge < -0.3 is 15.1 Å². The number of carbonyl (C=O) groups excluding carboxylic acids is 2. The molecule has 6 nitrogen and oxygen atoms in total. The number of anilines is 2. The van der Waals surface area contributed by atoms with E-state index < -0.39 is 0 Å². The molecule has 0 unspecified atom stereocenters. The predicted octanol–water partition coefficient (Wildman–Crippen LogP) is 6.04. The number of hydrogen-bond acceptors (Lipinski definition) is 6. The minimum absolute atomic E-state index is 0.153. The van der Waals surface area contributed by atoms with E-state index in [2.05, 4.69) is 15.6 Å². The quantitative estimate of drug-likeness (QED) is 0.322. The third kappa shape index (κ3) is 5.55. The van der Waals surface area contributed by atoms with Crippen LogP contribution in [-0.2, 0) is 4.79 Å². The number of thioether (sulfide) groups is 1. The Balaban J connectivity index is 1.28. The van der Waals surface area contributed by atoms with Gasteiger partial charge in [0.15, 0.2) is 10.9 Å². The number of nitrogens with one attached hydrogen (secondary N) is 2. The number of rotatable bonds is 7. The van der Waals surface area contributed by atoms with Gasteiger partial charge in [0.1, 0.15) is 0 Å². The van der Waals surface area contributed by atoms with Crippen LogP contribution < -0.4 is 10.6 Å². The molecule has 2 aromatic carbocycles. The summed E-state index contributed by atoms with van der Waals surface area (Å²) in [6.45, 7) is 0. The number of amides is 2. The third-order valence-corrected chi connectivity index (χ3v) is 6.23. The zero-order valence-electron chi connectivity index (χ0n) is 16.0. The molecule has 0 aliphatic carbocycles. The SMILES string of the molecule is O=C(CSc1ccc(NC(=O)c2ccco2)cc1)Nc1nc(-c2ccccc2Cl)cs1. The number of halogens is 1. The molecule has 0 bridgehead atoms. The summed E-state index contributed by atoms with van der Waals surface area (Å²) < 4.78 is 5.07. The number of aromatic nitrogens is 1. The van der Waals surface area contributed by atoms with Crippen LogP contribution in [0.25, 0.3) is 11.3 Å². The highest BCUT2D eigenvalue weighted by molar-refractivity contribution is 8.00. The predicted molar refractivity (Wildman–Crippen MR) is 125 cm³/mol. The normalized spacial score (nSPS) is 10.6. The Bertz CT molecular complexity index is 1190. The summed E-state index contributed by atoms with van der Waals surface area (Å²) in [5, 5.41) is 8.56. The van der Waals surface area contributed by atoms with Crippen molar-refractivity contribution in [2.75, 3.05) is 16.4 Å². The van der Waals surface area contributed by atoms with Gasteiger partial charge in [-0.2, -0.15) is 0 Å². The molecule has 2 heterocycles. The Morgan fingerprint density at radius 3 is 2.58 bits per heavy atom. The number of benzene rings is 2. The maximum Gasteiger partial charge on any atom is 0.291 e. The molecule has 156 valence electrons. The second kappa shape index (κ2) is 9.82. The van der Waals surface area contributed by atoms with E-state index in [1.807, 2.05) is 35.7 Å². The molecule has 0 spiro atoms. The first-order valence-corrected chi connectivity index (χ1v) is 11.4. The molecule has 2 N–H and O–H groups in total. The molecule has 0 saturated carbocycles. The summed E-state index contributed by atoms with van der Waals surface area (Å²) in [5.41, 5.74) is 2.20. The fourth-order valence-corrected chi connectivity index (χ4v) is 4.32. The van der Waals surface area contributed by atoms with Crippen LogP contribution >= 0.6 is 34.7 Å². The summed E-state index contributed by atoms with van der Waals surface area (Å²) in [4.78, 5) is 29.6. The standard InChI is InChI=1S/C22H16ClN3O3S2/c23-17-5-2-1-4-16(17)18-12-31-22(25-18)26-20(27)13-30-15-9-7-14(8-10-15)24-21(28)19-6-3-11-29-19/h1-12H,13H2,(H,24,28)(H,25,26,27). The highest BCUT2D eigenvalue weighted by Crippen LogP contribution is 2.30. The summed E-state index contributed by atoms with van der Waals surface area (Å²) >= 11 is 8.94. The lowest BCUT2D eigenvalue weighted by molar-refractivity contribution is -0.113. The van der Waals surface area contributed by atoms with Gasteiger partial charge in [0.25, 0.3) is 5.91 Å². The van der Waals surface area contributed by atoms with E-state index in [4.69, 9.17) is 16.0 Å². The highest BCUT2D eigenvalue weighted by atomic mass is 35.5. The minimum Gasteiger partial charge on any atom is -0.459 e. The van der Waals surface area contributed by atoms with Gasteiger partial charge in [-0.3, -0.25) is 9.59 Å². The van der Waals surface area contributed by atoms with Gasteiger partial charge in [0, 0.05) is 26.5 Å². The van der Waals surface area contributed by atoms with Gasteiger partial charge >= 0.3 is 0 Å². The second-order valence-electron chi connectivity index (χ2n) is 6.31. The lowest BCUT2D eigenvalue weighted by Crippen LogP contribution is -2.13. The largest absolute Gasteiger partial charge is 0.459 e. The summed E-state index contributed by atoms with van der Waals surface area (Å²) in [7, 11) is 0. The Hall–Kier alpha value is -3.07. The number of thiazole rings is 1. The average molecular weight is 470 g/mol. The number of hydrogen-bond donors (Lipinski definition) is 2. The maximum atomic E-state index is 12.3. The van der Waals surface area contributed by atoms with E-state index in [0.29, 0.717) is 15.8 Å². The van der Waals surface area contributed by atoms with Crippen LogP contribution in [0.5, 0.6) is 0 Å². The molecule has 0 fully saturated rings. The van der Waals surface area contributed by atoms with Crippen LogP contribution in [0.1, 0.15) is 10.6 Å². The molecule has 4 rings (SSSR count). The maximum absolute atomic E-state index is 12.3. The molecule has 9 heteroatoms. The van der Waals surface area contributed by atoms with Gasteiger partial charge in [-0.1, -0.05) is 29.8 Å². The molecule has 4 aromatic rings. The van der Waals surface area contributed by atoms with Crippen molar-refractivity contribution in [1.29, 1.82) is 0 Å². The smallest absolute Gasteiger partial charge is 0.291 e. The van der Waals surface area contributed by atoms with Crippen LogP contribution in [-0.4, -0.2) is 22.6 Å². The molecule has 31 heavy (non-hydrogen) atoms. The van der Waals surface area contributed by atoms with Gasteiger partial charge in [0.05, 0.1) is 17.7 Å². The van der Waals surface area contributed by atoms with E-state index >= 15 is 0 Å². The first-order valence-electron chi connectivity index (χ1n) is 9.16. The fraction of sp³-hybridized carbons (Fsp3) is 0.0455. The van der Waals surface area contributed by atoms with Crippen LogP contribution in [0.3, 0.4) is 0 Å². The molecule has 0 aliphatic heterocycles. The number of furan rings is 1. The monoisotopic (exact) mass is 469 g/mol. The first-order chi connectivity index (χ1) is 15.1. The first kappa shape index (κ1) is 21.2. The zero-order valence-corrected chi connectivity index (χ0v) is 18.4. The average Bonchev–Trinajstić information content (AvgIpc) is 3.46. The van der Waals surface area contributed by atoms with Gasteiger partial charge in [0.2, 0.25) is 5.91 Å². The number of carbonyl (C=O) groups is 2. The Morgan fingerprint density at radius 2 is 1.84 bits per heavy atom. The van der Waals surface area contributed by atoms with Crippen molar-refractivity contribution >= 4 is 57.3 Å². The molecule has 2 aromatic heterocycles. The lowest BCUT2D eigenvalue weighted by Gasteiger charge is -2.05. The third-order valence-electron chi connectivity index (χ3n) is 4.13. The molecule has 0 radical (unpaired) electrons. The van der Waals surface area contributed by atoms with Crippen LogP contribution in [0, 0.1) is 0 Å². The van der Waals surface area contributed by atoms with Gasteiger partial charge in [-0.15, -0.1) is 23.1 Å². The van der Waals surface area contributed by atoms with Crippen molar-refractivity contribution in [2.24, 2.45) is 0 Å². The van der Waals surface area contributed by atoms with Crippen molar-refractivity contribution in [3.05, 3.63) is 83.1 Å². The van der Waals surface area contributed by atoms with Crippen molar-refractivity contribution < 1.29 is 14.0 Å². The Kier molecular flexibility index (Phi) is 6.71. The topological polar surface area (TPSA) is 84.2 Å². The molecule has 0 aliphatic rings. The zero-order chi connectivity index (χ0) is 21.6. The van der Waals surface area contributed by atoms with Crippen molar-refractivity contribution in [3.63, 3.8) is 0 Å². The molecule has 2 amide bonds. The van der Waals surface area contributed by atoms with E-state index in [-0.39, 0.29) is 23.3 Å². The Labute approximate surface area is 191 Å². The van der Waals surface area contributed by atoms with Crippen molar-refractivity contribution in [2.45, 2.75) is 4.90 Å². The van der Waals surface area contributed by atoms with E-state index in [1.54, 1.807) is 30.3 Å². The summed E-state index contributed by atoms with van der Waals surface area (Å²) in [6, 6.07) is 17.9. The van der Waals surface area contributed by atoms with Crippen LogP contribution in [0.2, 0.25) is 5.02 Å². The molecular weight excluding hydrogens is 454 g/mol. The van der Waals surface area contributed by atoms with Crippen LogP contribution in [0.4, 0.5) is 10.8 Å². The molecule has 0 saturated heterocycles. The van der Waals surface area contributed by atoms with Crippen molar-refractivity contribution in [1.82, 2.24) is 4.98 Å². The Morgan fingerprint density at radius 1 is 1.03 bits per heavy atom. The molecular formula is C22H16ClN3O3S2. The summed E-state index contributed by atoms with van der Waals surface area (Å²) in [5.74, 6) is 0.0127.